The van der Waals surface area contributed by atoms with Gasteiger partial charge in [-0.05, 0) is 75.4 Å². The van der Waals surface area contributed by atoms with Gasteiger partial charge in [0, 0.05) is 36.5 Å². The predicted octanol–water partition coefficient (Wildman–Crippen LogP) is 3.47. The van der Waals surface area contributed by atoms with Gasteiger partial charge in [-0.1, -0.05) is 12.1 Å². The molecule has 3 N–H and O–H groups in total. The van der Waals surface area contributed by atoms with Crippen molar-refractivity contribution in [2.24, 2.45) is 16.0 Å². The fourth-order valence-corrected chi connectivity index (χ4v) is 5.98. The number of piperidine rings is 1. The first-order chi connectivity index (χ1) is 19.0. The van der Waals surface area contributed by atoms with E-state index in [9.17, 15) is 9.90 Å². The highest BCUT2D eigenvalue weighted by atomic mass is 32.1. The molecule has 0 saturated carbocycles. The molecule has 1 saturated heterocycles. The van der Waals surface area contributed by atoms with Crippen LogP contribution in [0.1, 0.15) is 36.6 Å². The Labute approximate surface area is 233 Å². The van der Waals surface area contributed by atoms with Gasteiger partial charge in [0.15, 0.2) is 11.0 Å². The van der Waals surface area contributed by atoms with E-state index in [0.29, 0.717) is 36.6 Å². The molecule has 1 atom stereocenters. The second kappa shape index (κ2) is 12.8. The van der Waals surface area contributed by atoms with Crippen molar-refractivity contribution in [3.63, 3.8) is 0 Å². The van der Waals surface area contributed by atoms with E-state index in [0.717, 1.165) is 66.3 Å². The Balaban J connectivity index is 1.12. The number of ether oxygens (including phenoxy) is 1. The summed E-state index contributed by atoms with van der Waals surface area (Å²) in [6.07, 6.45) is 6.62. The zero-order valence-electron chi connectivity index (χ0n) is 22.6. The van der Waals surface area contributed by atoms with Gasteiger partial charge >= 0.3 is 0 Å². The Morgan fingerprint density at radius 1 is 1.26 bits per heavy atom. The van der Waals surface area contributed by atoms with Crippen LogP contribution >= 0.6 is 11.3 Å². The molecule has 1 aromatic heterocycles. The summed E-state index contributed by atoms with van der Waals surface area (Å²) >= 11 is 1.44. The van der Waals surface area contributed by atoms with E-state index in [2.05, 4.69) is 37.5 Å². The third-order valence-electron chi connectivity index (χ3n) is 7.37. The summed E-state index contributed by atoms with van der Waals surface area (Å²) in [5.41, 5.74) is 3.91. The van der Waals surface area contributed by atoms with Gasteiger partial charge < -0.3 is 25.4 Å². The molecule has 39 heavy (non-hydrogen) atoms. The highest BCUT2D eigenvalue weighted by Crippen LogP contribution is 2.30. The van der Waals surface area contributed by atoms with E-state index in [4.69, 9.17) is 4.74 Å². The number of aromatic nitrogens is 1. The highest BCUT2D eigenvalue weighted by Gasteiger charge is 2.34. The van der Waals surface area contributed by atoms with Crippen LogP contribution < -0.4 is 10.6 Å². The molecule has 5 rings (SSSR count). The average molecular weight is 552 g/mol. The molecule has 10 nitrogen and oxygen atoms in total. The minimum Gasteiger partial charge on any atom is -0.396 e. The summed E-state index contributed by atoms with van der Waals surface area (Å²) in [5.74, 6) is 1.07. The summed E-state index contributed by atoms with van der Waals surface area (Å²) in [5, 5.41) is 22.6. The van der Waals surface area contributed by atoms with Crippen LogP contribution in [0.15, 0.2) is 51.8 Å². The number of amidine groups is 1. The van der Waals surface area contributed by atoms with Crippen molar-refractivity contribution < 1.29 is 14.6 Å². The number of fused-ring (bicyclic) bond motifs is 1. The number of anilines is 2. The number of nitrogens with one attached hydrogen (secondary N) is 2. The lowest BCUT2D eigenvalue weighted by molar-refractivity contribution is -0.115. The SMILES string of the molecule is CC1=C2C(Nc3ncc(CC(=O)Nc4cccc(C)c4)s3)=NC=NN2CC1OCCCN1CCC(CO)CC1. The number of likely N-dealkylation sites (tertiary alicyclic amines) is 1. The van der Waals surface area contributed by atoms with Crippen molar-refractivity contribution in [1.82, 2.24) is 14.9 Å². The number of carbonyl (C=O) groups is 1. The summed E-state index contributed by atoms with van der Waals surface area (Å²) in [6, 6.07) is 7.76. The molecule has 1 aromatic carbocycles. The van der Waals surface area contributed by atoms with Crippen molar-refractivity contribution in [3.05, 3.63) is 52.2 Å². The molecule has 3 aliphatic rings. The van der Waals surface area contributed by atoms with Gasteiger partial charge in [-0.25, -0.2) is 9.98 Å². The van der Waals surface area contributed by atoms with Crippen LogP contribution in [-0.2, 0) is 16.0 Å². The van der Waals surface area contributed by atoms with E-state index in [1.807, 2.05) is 36.2 Å². The number of aryl methyl sites for hydroxylation is 1. The van der Waals surface area contributed by atoms with E-state index in [1.165, 1.54) is 11.3 Å². The lowest BCUT2D eigenvalue weighted by atomic mass is 9.98. The maximum absolute atomic E-state index is 12.5. The molecule has 1 fully saturated rings. The lowest BCUT2D eigenvalue weighted by Gasteiger charge is -2.31. The fraction of sp³-hybridized carbons (Fsp3) is 0.500. The fourth-order valence-electron chi connectivity index (χ4n) is 5.17. The molecule has 0 aliphatic carbocycles. The van der Waals surface area contributed by atoms with Crippen molar-refractivity contribution in [3.8, 4) is 0 Å². The Bertz CT molecular complexity index is 1250. The van der Waals surface area contributed by atoms with E-state index < -0.39 is 0 Å². The molecule has 3 aliphatic heterocycles. The minimum atomic E-state index is -0.0758. The van der Waals surface area contributed by atoms with Crippen molar-refractivity contribution in [2.45, 2.75) is 45.6 Å². The van der Waals surface area contributed by atoms with Crippen LogP contribution in [0, 0.1) is 12.8 Å². The van der Waals surface area contributed by atoms with Crippen molar-refractivity contribution >= 4 is 40.2 Å². The number of hydrogen-bond acceptors (Lipinski definition) is 10. The molecule has 0 radical (unpaired) electrons. The number of carbonyl (C=O) groups excluding carboxylic acids is 1. The number of benzene rings is 1. The van der Waals surface area contributed by atoms with Crippen LogP contribution in [0.4, 0.5) is 10.8 Å². The smallest absolute Gasteiger partial charge is 0.229 e. The standard InChI is InChI=1S/C28H37N7O3S/c1-19-5-3-6-22(13-19)32-25(37)14-23-15-29-28(39-23)33-27-26-20(2)24(16-35(26)31-18-30-27)38-12-4-9-34-10-7-21(17-36)8-11-34/h3,5-6,13,15,18,21,24,36H,4,7-12,14,16-17H2,1-2H3,(H,32,37)(H,29,30,31,33). The number of rotatable bonds is 10. The van der Waals surface area contributed by atoms with Crippen molar-refractivity contribution in [2.75, 3.05) is 50.0 Å². The minimum absolute atomic E-state index is 0.0421. The number of amides is 1. The molecule has 1 unspecified atom stereocenters. The summed E-state index contributed by atoms with van der Waals surface area (Å²) in [6.45, 7) is 8.85. The molecule has 0 spiro atoms. The first kappa shape index (κ1) is 27.4. The van der Waals surface area contributed by atoms with Gasteiger partial charge in [-0.15, -0.1) is 11.3 Å². The maximum Gasteiger partial charge on any atom is 0.229 e. The first-order valence-corrected chi connectivity index (χ1v) is 14.4. The van der Waals surface area contributed by atoms with E-state index >= 15 is 0 Å². The van der Waals surface area contributed by atoms with Crippen LogP contribution in [0.2, 0.25) is 0 Å². The number of aliphatic hydroxyl groups is 1. The average Bonchev–Trinajstić information content (AvgIpc) is 3.50. The van der Waals surface area contributed by atoms with Gasteiger partial charge in [-0.3, -0.25) is 9.80 Å². The number of aliphatic hydroxyl groups excluding tert-OH is 1. The molecular weight excluding hydrogens is 514 g/mol. The highest BCUT2D eigenvalue weighted by molar-refractivity contribution is 7.15. The van der Waals surface area contributed by atoms with Gasteiger partial charge in [-0.2, -0.15) is 5.10 Å². The second-order valence-electron chi connectivity index (χ2n) is 10.4. The molecule has 2 aromatic rings. The maximum atomic E-state index is 12.5. The Hall–Kier alpha value is -3.12. The van der Waals surface area contributed by atoms with Gasteiger partial charge in [0.25, 0.3) is 0 Å². The number of nitrogens with zero attached hydrogens (tertiary/aromatic N) is 5. The first-order valence-electron chi connectivity index (χ1n) is 13.6. The molecule has 11 heteroatoms. The van der Waals surface area contributed by atoms with Crippen LogP contribution in [-0.4, -0.2) is 83.6 Å². The normalized spacial score (nSPS) is 19.8. The van der Waals surface area contributed by atoms with E-state index in [1.54, 1.807) is 12.5 Å². The molecule has 208 valence electrons. The van der Waals surface area contributed by atoms with Gasteiger partial charge in [0.2, 0.25) is 5.91 Å². The largest absolute Gasteiger partial charge is 0.396 e. The Kier molecular flexibility index (Phi) is 9.02. The molecule has 4 heterocycles. The lowest BCUT2D eigenvalue weighted by Crippen LogP contribution is -2.36. The number of aliphatic imine (C=N–C) groups is 1. The van der Waals surface area contributed by atoms with Gasteiger partial charge in [0.1, 0.15) is 18.1 Å². The monoisotopic (exact) mass is 551 g/mol. The summed E-state index contributed by atoms with van der Waals surface area (Å²) < 4.78 is 6.26. The van der Waals surface area contributed by atoms with Crippen molar-refractivity contribution in [1.29, 1.82) is 0 Å². The third-order valence-corrected chi connectivity index (χ3v) is 8.29. The quantitative estimate of drug-likeness (QED) is 0.388. The zero-order valence-corrected chi connectivity index (χ0v) is 23.4. The molecule has 0 bridgehead atoms. The summed E-state index contributed by atoms with van der Waals surface area (Å²) in [4.78, 5) is 24.8. The molecule has 1 amide bonds. The Morgan fingerprint density at radius 3 is 2.90 bits per heavy atom. The topological polar surface area (TPSA) is 115 Å². The number of thiazole rings is 1. The second-order valence-corrected chi connectivity index (χ2v) is 11.5. The predicted molar refractivity (Wildman–Crippen MR) is 155 cm³/mol. The van der Waals surface area contributed by atoms with Crippen LogP contribution in [0.3, 0.4) is 0 Å². The molecular formula is C28H37N7O3S. The number of hydrazone groups is 1. The van der Waals surface area contributed by atoms with Crippen LogP contribution in [0.5, 0.6) is 0 Å². The summed E-state index contributed by atoms with van der Waals surface area (Å²) in [7, 11) is 0. The third kappa shape index (κ3) is 7.10. The number of hydrogen-bond donors (Lipinski definition) is 3. The van der Waals surface area contributed by atoms with Crippen LogP contribution in [0.25, 0.3) is 0 Å². The van der Waals surface area contributed by atoms with Gasteiger partial charge in [0.05, 0.1) is 13.0 Å². The Morgan fingerprint density at radius 2 is 2.10 bits per heavy atom. The van der Waals surface area contributed by atoms with E-state index in [-0.39, 0.29) is 18.4 Å². The zero-order chi connectivity index (χ0) is 27.2.